The largest absolute Gasteiger partial charge is 0.0905 e. The normalized spacial score (nSPS) is 9.73. The lowest BCUT2D eigenvalue weighted by atomic mass is 10.2. The van der Waals surface area contributed by atoms with Crippen LogP contribution in [0, 0.1) is 6.08 Å². The highest BCUT2D eigenvalue weighted by Gasteiger charge is 2.05. The molecule has 1 aromatic carbocycles. The zero-order valence-electron chi connectivity index (χ0n) is 5.50. The monoisotopic (exact) mass is 205 g/mol. The Hall–Kier alpha value is -0.170. The van der Waals surface area contributed by atoms with Crippen molar-refractivity contribution < 1.29 is 0 Å². The lowest BCUT2D eigenvalue weighted by Gasteiger charge is -2.00. The summed E-state index contributed by atoms with van der Waals surface area (Å²) in [7, 11) is 0. The van der Waals surface area contributed by atoms with Crippen LogP contribution in [-0.4, -0.2) is 0 Å². The maximum Gasteiger partial charge on any atom is 0.0784 e. The van der Waals surface area contributed by atoms with Gasteiger partial charge >= 0.3 is 0 Å². The van der Waals surface area contributed by atoms with Gasteiger partial charge in [-0.3, -0.25) is 0 Å². The first-order chi connectivity index (χ1) is 5.16. The Balaban J connectivity index is 3.36. The first-order valence-corrected chi connectivity index (χ1v) is 3.97. The summed E-state index contributed by atoms with van der Waals surface area (Å²) in [5.74, 6) is 0. The van der Waals surface area contributed by atoms with Crippen LogP contribution in [0.5, 0.6) is 0 Å². The second kappa shape index (κ2) is 3.48. The lowest BCUT2D eigenvalue weighted by Crippen LogP contribution is -1.78. The minimum Gasteiger partial charge on any atom is -0.0905 e. The summed E-state index contributed by atoms with van der Waals surface area (Å²) in [4.78, 5) is 0. The van der Waals surface area contributed by atoms with Crippen LogP contribution in [-0.2, 0) is 0 Å². The van der Waals surface area contributed by atoms with Gasteiger partial charge in [0.25, 0.3) is 0 Å². The van der Waals surface area contributed by atoms with E-state index in [0.717, 1.165) is 0 Å². The van der Waals surface area contributed by atoms with Crippen molar-refractivity contribution in [2.45, 2.75) is 0 Å². The molecule has 0 spiro atoms. The molecule has 1 aromatic rings. The summed E-state index contributed by atoms with van der Waals surface area (Å²) in [6.45, 7) is 3.45. The third-order valence-electron chi connectivity index (χ3n) is 1.23. The molecular weight excluding hydrogens is 202 g/mol. The molecule has 0 saturated carbocycles. The van der Waals surface area contributed by atoms with Gasteiger partial charge in [-0.05, 0) is 12.1 Å². The average molecular weight is 206 g/mol. The molecular formula is C8H4Cl3. The Morgan fingerprint density at radius 3 is 2.27 bits per heavy atom. The van der Waals surface area contributed by atoms with Crippen molar-refractivity contribution in [1.29, 1.82) is 0 Å². The standard InChI is InChI=1S/C8H4Cl3/c1-2-5-3-4-6(9)8(11)7(5)10/h3-4H,1H2. The van der Waals surface area contributed by atoms with Crippen LogP contribution in [0.25, 0.3) is 0 Å². The van der Waals surface area contributed by atoms with Gasteiger partial charge in [0.15, 0.2) is 0 Å². The van der Waals surface area contributed by atoms with Gasteiger partial charge in [0.2, 0.25) is 0 Å². The van der Waals surface area contributed by atoms with Gasteiger partial charge in [-0.2, -0.15) is 0 Å². The lowest BCUT2D eigenvalue weighted by molar-refractivity contribution is 1.58. The van der Waals surface area contributed by atoms with Gasteiger partial charge in [0.05, 0.1) is 15.1 Å². The molecule has 0 amide bonds. The molecule has 0 unspecified atom stereocenters. The van der Waals surface area contributed by atoms with Crippen molar-refractivity contribution in [3.05, 3.63) is 45.4 Å². The number of halogens is 3. The summed E-state index contributed by atoms with van der Waals surface area (Å²) in [5.41, 5.74) is 0.668. The average Bonchev–Trinajstić information content (AvgIpc) is 2.01. The third kappa shape index (κ3) is 1.70. The van der Waals surface area contributed by atoms with E-state index in [-0.39, 0.29) is 0 Å². The Kier molecular flexibility index (Phi) is 2.83. The number of hydrogen-bond donors (Lipinski definition) is 0. The molecule has 11 heavy (non-hydrogen) atoms. The topological polar surface area (TPSA) is 0 Å². The molecule has 0 aromatic heterocycles. The fourth-order valence-corrected chi connectivity index (χ4v) is 1.26. The van der Waals surface area contributed by atoms with Crippen molar-refractivity contribution in [1.82, 2.24) is 0 Å². The fraction of sp³-hybridized carbons (Fsp3) is 0. The van der Waals surface area contributed by atoms with Gasteiger partial charge in [0.1, 0.15) is 0 Å². The van der Waals surface area contributed by atoms with Crippen LogP contribution in [0.15, 0.2) is 18.7 Å². The zero-order valence-corrected chi connectivity index (χ0v) is 7.76. The summed E-state index contributed by atoms with van der Waals surface area (Å²) >= 11 is 17.2. The number of hydrogen-bond acceptors (Lipinski definition) is 0. The van der Waals surface area contributed by atoms with Gasteiger partial charge in [-0.25, -0.2) is 0 Å². The molecule has 0 bridgehead atoms. The third-order valence-corrected chi connectivity index (χ3v) is 2.52. The van der Waals surface area contributed by atoms with Crippen molar-refractivity contribution in [3.63, 3.8) is 0 Å². The SMILES string of the molecule is C=[C]c1ccc(Cl)c(Cl)c1Cl. The molecule has 0 aliphatic carbocycles. The summed E-state index contributed by atoms with van der Waals surface area (Å²) in [5, 5.41) is 1.19. The van der Waals surface area contributed by atoms with Gasteiger partial charge in [-0.15, -0.1) is 0 Å². The number of rotatable bonds is 1. The highest BCUT2D eigenvalue weighted by molar-refractivity contribution is 6.48. The first-order valence-electron chi connectivity index (χ1n) is 2.83. The molecule has 1 radical (unpaired) electrons. The molecule has 0 nitrogen and oxygen atoms in total. The van der Waals surface area contributed by atoms with Crippen LogP contribution in [0.4, 0.5) is 0 Å². The van der Waals surface area contributed by atoms with E-state index in [1.807, 2.05) is 0 Å². The van der Waals surface area contributed by atoms with Crippen LogP contribution in [0.1, 0.15) is 5.56 Å². The summed E-state index contributed by atoms with van der Waals surface area (Å²) in [6, 6.07) is 3.37. The molecule has 0 saturated heterocycles. The van der Waals surface area contributed by atoms with E-state index in [2.05, 4.69) is 12.7 Å². The molecule has 0 fully saturated rings. The van der Waals surface area contributed by atoms with E-state index in [0.29, 0.717) is 20.6 Å². The van der Waals surface area contributed by atoms with Crippen LogP contribution in [0.2, 0.25) is 15.1 Å². The van der Waals surface area contributed by atoms with Crippen molar-refractivity contribution in [3.8, 4) is 0 Å². The minimum absolute atomic E-state index is 0.349. The Labute approximate surface area is 80.4 Å². The van der Waals surface area contributed by atoms with Crippen molar-refractivity contribution >= 4 is 34.8 Å². The zero-order chi connectivity index (χ0) is 8.43. The molecule has 0 aliphatic heterocycles. The highest BCUT2D eigenvalue weighted by Crippen LogP contribution is 2.32. The van der Waals surface area contributed by atoms with Crippen LogP contribution < -0.4 is 0 Å². The van der Waals surface area contributed by atoms with Crippen molar-refractivity contribution in [2.24, 2.45) is 0 Å². The number of benzene rings is 1. The van der Waals surface area contributed by atoms with E-state index >= 15 is 0 Å². The maximum absolute atomic E-state index is 5.78. The maximum atomic E-state index is 5.78. The quantitative estimate of drug-likeness (QED) is 0.610. The van der Waals surface area contributed by atoms with E-state index in [1.165, 1.54) is 0 Å². The Bertz CT molecular complexity index is 292. The molecule has 57 valence electrons. The van der Waals surface area contributed by atoms with Gasteiger partial charge in [0, 0.05) is 5.56 Å². The van der Waals surface area contributed by atoms with E-state index < -0.39 is 0 Å². The van der Waals surface area contributed by atoms with E-state index in [9.17, 15) is 0 Å². The van der Waals surface area contributed by atoms with Gasteiger partial charge < -0.3 is 0 Å². The van der Waals surface area contributed by atoms with Crippen LogP contribution >= 0.6 is 34.8 Å². The van der Waals surface area contributed by atoms with E-state index in [1.54, 1.807) is 12.1 Å². The second-order valence-corrected chi connectivity index (χ2v) is 3.06. The Morgan fingerprint density at radius 2 is 1.73 bits per heavy atom. The molecule has 0 N–H and O–H groups in total. The second-order valence-electron chi connectivity index (χ2n) is 1.90. The summed E-state index contributed by atoms with van der Waals surface area (Å²) in [6.07, 6.45) is 2.64. The predicted molar refractivity (Wildman–Crippen MR) is 49.4 cm³/mol. The smallest absolute Gasteiger partial charge is 0.0784 e. The minimum atomic E-state index is 0.349. The highest BCUT2D eigenvalue weighted by atomic mass is 35.5. The van der Waals surface area contributed by atoms with Gasteiger partial charge in [-0.1, -0.05) is 47.4 Å². The van der Waals surface area contributed by atoms with Crippen LogP contribution in [0.3, 0.4) is 0 Å². The predicted octanol–water partition coefficient (Wildman–Crippen LogP) is 3.98. The summed E-state index contributed by atoms with van der Waals surface area (Å²) < 4.78 is 0. The van der Waals surface area contributed by atoms with Crippen molar-refractivity contribution in [2.75, 3.05) is 0 Å². The first kappa shape index (κ1) is 8.92. The molecule has 1 rings (SSSR count). The molecule has 0 heterocycles. The fourth-order valence-electron chi connectivity index (χ4n) is 0.662. The van der Waals surface area contributed by atoms with E-state index in [4.69, 9.17) is 34.8 Å². The molecule has 0 atom stereocenters. The Morgan fingerprint density at radius 1 is 1.09 bits per heavy atom. The molecule has 0 aliphatic rings. The molecule has 3 heteroatoms.